The standard InChI is InChI=1S/C52H86FNO12Si/c1-16-24-63-40-22-21-36(29-42(40)60-11)25-33(5)46-35(7)41(66-67(14,15)51(8,9)10)30-39(55)37(17-2)26-31(3)45(53)32(4)27-43(61-12)47-44(62-13)28-34(6)52(59,65-47)48(56)49(57)54-23-19-18-20-38(54)50(58)64-46/h16,25-26,32,34-38,40-47,59H,1,17-24,27-30H2,2-15H3/b31-26+,33-25?. The van der Waals surface area contributed by atoms with Crippen LogP contribution in [0.4, 0.5) is 4.39 Å². The van der Waals surface area contributed by atoms with Gasteiger partial charge in [-0.15, -0.1) is 6.58 Å². The summed E-state index contributed by atoms with van der Waals surface area (Å²) in [7, 11) is 2.01. The van der Waals surface area contributed by atoms with E-state index in [-0.39, 0.29) is 61.2 Å². The number of piperidine rings is 1. The topological polar surface area (TPSA) is 156 Å². The van der Waals surface area contributed by atoms with Crippen LogP contribution >= 0.6 is 0 Å². The van der Waals surface area contributed by atoms with E-state index in [0.29, 0.717) is 37.9 Å². The molecule has 2 bridgehead atoms. The second-order valence-electron chi connectivity index (χ2n) is 21.6. The maximum Gasteiger partial charge on any atom is 0.329 e. The van der Waals surface area contributed by atoms with Gasteiger partial charge in [0, 0.05) is 52.0 Å². The molecule has 1 saturated carbocycles. The van der Waals surface area contributed by atoms with Crippen LogP contribution in [-0.2, 0) is 52.0 Å². The number of hydrogen-bond acceptors (Lipinski definition) is 12. The molecule has 0 aromatic heterocycles. The average Bonchev–Trinajstić information content (AvgIpc) is 3.29. The lowest BCUT2D eigenvalue weighted by molar-refractivity contribution is -0.302. The summed E-state index contributed by atoms with van der Waals surface area (Å²) in [5, 5.41) is 12.0. The molecule has 15 heteroatoms. The highest BCUT2D eigenvalue weighted by Crippen LogP contribution is 2.42. The van der Waals surface area contributed by atoms with Crippen molar-refractivity contribution in [2.45, 2.75) is 205 Å². The Balaban J connectivity index is 1.90. The van der Waals surface area contributed by atoms with Gasteiger partial charge in [0.05, 0.1) is 37.1 Å². The first-order chi connectivity index (χ1) is 31.4. The quantitative estimate of drug-likeness (QED) is 0.0912. The molecule has 3 heterocycles. The van der Waals surface area contributed by atoms with Crippen molar-refractivity contribution in [1.82, 2.24) is 4.90 Å². The zero-order chi connectivity index (χ0) is 50.2. The minimum absolute atomic E-state index is 0.0101. The van der Waals surface area contributed by atoms with E-state index in [4.69, 9.17) is 32.8 Å². The molecule has 13 nitrogen and oxygen atoms in total. The Bertz CT molecular complexity index is 1760. The van der Waals surface area contributed by atoms with E-state index in [0.717, 1.165) is 18.4 Å². The van der Waals surface area contributed by atoms with Crippen LogP contribution in [0.1, 0.15) is 127 Å². The Kier molecular flexibility index (Phi) is 20.8. The molecular weight excluding hydrogens is 878 g/mol. The summed E-state index contributed by atoms with van der Waals surface area (Å²) in [6.45, 7) is 25.7. The monoisotopic (exact) mass is 964 g/mol. The minimum atomic E-state index is -2.60. The number of hydrogen-bond donors (Lipinski definition) is 1. The summed E-state index contributed by atoms with van der Waals surface area (Å²) >= 11 is 0. The molecule has 1 amide bonds. The molecule has 0 spiro atoms. The first kappa shape index (κ1) is 57.0. The lowest BCUT2D eigenvalue weighted by atomic mass is 9.81. The Morgan fingerprint density at radius 3 is 2.19 bits per heavy atom. The molecule has 3 fully saturated rings. The Hall–Kier alpha value is -2.63. The molecule has 2 saturated heterocycles. The first-order valence-electron chi connectivity index (χ1n) is 24.9. The number of halogens is 1. The van der Waals surface area contributed by atoms with Gasteiger partial charge in [0.25, 0.3) is 11.7 Å². The fourth-order valence-electron chi connectivity index (χ4n) is 10.3. The number of rotatable bonds is 11. The van der Waals surface area contributed by atoms with Gasteiger partial charge >= 0.3 is 5.97 Å². The van der Waals surface area contributed by atoms with Gasteiger partial charge in [-0.25, -0.2) is 9.18 Å². The third kappa shape index (κ3) is 13.6. The summed E-state index contributed by atoms with van der Waals surface area (Å²) < 4.78 is 60.4. The van der Waals surface area contributed by atoms with E-state index < -0.39 is 98.2 Å². The molecule has 4 aliphatic rings. The normalized spacial score (nSPS) is 38.3. The summed E-state index contributed by atoms with van der Waals surface area (Å²) in [4.78, 5) is 59.8. The van der Waals surface area contributed by atoms with Crippen molar-refractivity contribution in [3.8, 4) is 0 Å². The molecule has 1 aliphatic carbocycles. The second kappa shape index (κ2) is 24.5. The predicted molar refractivity (Wildman–Crippen MR) is 258 cm³/mol. The fraction of sp³-hybridized carbons (Fsp3) is 0.808. The van der Waals surface area contributed by atoms with E-state index in [2.05, 4.69) is 46.5 Å². The number of ether oxygens (including phenoxy) is 6. The fourth-order valence-corrected chi connectivity index (χ4v) is 11.8. The number of allylic oxidation sites excluding steroid dienone is 3. The Labute approximate surface area is 402 Å². The van der Waals surface area contributed by atoms with Crippen LogP contribution < -0.4 is 0 Å². The maximum atomic E-state index is 16.6. The number of Topliss-reactive ketones (excluding diaryl/α,β-unsaturated/α-hetero) is 2. The van der Waals surface area contributed by atoms with Crippen molar-refractivity contribution in [2.75, 3.05) is 34.5 Å². The molecule has 0 aromatic rings. The molecule has 0 radical (unpaired) electrons. The maximum absolute atomic E-state index is 16.6. The number of ketones is 2. The SMILES string of the molecule is C=CCOC1CCC(C=C(C)C2OC(=O)C3CCCCN3C(=O)C(=O)C3(O)OC(C(OC)CC(C)C(F)/C(C)=C/C(CC)C(=O)CC(O[Si](C)(C)C(C)(C)C)C2C)C(OC)CC3C)CC1OC. The highest BCUT2D eigenvalue weighted by atomic mass is 28.4. The van der Waals surface area contributed by atoms with Crippen molar-refractivity contribution >= 4 is 31.8 Å². The number of alkyl halides is 1. The van der Waals surface area contributed by atoms with Crippen molar-refractivity contribution < 1.29 is 61.5 Å². The van der Waals surface area contributed by atoms with Crippen molar-refractivity contribution in [3.63, 3.8) is 0 Å². The molecule has 1 N–H and O–H groups in total. The van der Waals surface area contributed by atoms with E-state index in [1.54, 1.807) is 40.0 Å². The molecule has 15 atom stereocenters. The molecule has 4 rings (SSSR count). The van der Waals surface area contributed by atoms with Crippen molar-refractivity contribution in [2.24, 2.45) is 29.6 Å². The molecule has 0 aromatic carbocycles. The van der Waals surface area contributed by atoms with Crippen LogP contribution in [-0.4, -0.2) is 137 Å². The van der Waals surface area contributed by atoms with Crippen LogP contribution in [0.2, 0.25) is 18.1 Å². The third-order valence-electron chi connectivity index (χ3n) is 15.7. The average molecular weight is 964 g/mol. The van der Waals surface area contributed by atoms with E-state index >= 15 is 4.39 Å². The smallest absolute Gasteiger partial charge is 0.329 e. The molecule has 3 aliphatic heterocycles. The lowest BCUT2D eigenvalue weighted by Gasteiger charge is -2.47. The number of amides is 1. The third-order valence-corrected chi connectivity index (χ3v) is 20.2. The van der Waals surface area contributed by atoms with Gasteiger partial charge in [-0.1, -0.05) is 66.7 Å². The molecule has 67 heavy (non-hydrogen) atoms. The number of carbonyl (C=O) groups excluding carboxylic acids is 4. The van der Waals surface area contributed by atoms with Gasteiger partial charge < -0.3 is 42.9 Å². The highest BCUT2D eigenvalue weighted by molar-refractivity contribution is 6.74. The summed E-state index contributed by atoms with van der Waals surface area (Å²) in [6, 6.07) is -1.14. The Morgan fingerprint density at radius 1 is 0.955 bits per heavy atom. The van der Waals surface area contributed by atoms with Gasteiger partial charge in [0.15, 0.2) is 8.32 Å². The van der Waals surface area contributed by atoms with Gasteiger partial charge in [-0.3, -0.25) is 14.4 Å². The molecular formula is C52H86FNO12Si. The van der Waals surface area contributed by atoms with Crippen LogP contribution in [0, 0.1) is 29.6 Å². The van der Waals surface area contributed by atoms with Gasteiger partial charge in [-0.05, 0) is 113 Å². The van der Waals surface area contributed by atoms with Crippen molar-refractivity contribution in [3.05, 3.63) is 36.0 Å². The summed E-state index contributed by atoms with van der Waals surface area (Å²) in [5.41, 5.74) is 1.15. The van der Waals surface area contributed by atoms with Gasteiger partial charge in [0.1, 0.15) is 30.2 Å². The van der Waals surface area contributed by atoms with Crippen LogP contribution in [0.3, 0.4) is 0 Å². The van der Waals surface area contributed by atoms with Crippen LogP contribution in [0.25, 0.3) is 0 Å². The van der Waals surface area contributed by atoms with E-state index in [9.17, 15) is 24.3 Å². The highest BCUT2D eigenvalue weighted by Gasteiger charge is 2.57. The number of fused-ring (bicyclic) bond motifs is 3. The first-order valence-corrected chi connectivity index (χ1v) is 27.8. The zero-order valence-electron chi connectivity index (χ0n) is 43.3. The Morgan fingerprint density at radius 2 is 1.60 bits per heavy atom. The minimum Gasteiger partial charge on any atom is -0.456 e. The molecule has 15 unspecified atom stereocenters. The number of methoxy groups -OCH3 is 3. The number of esters is 1. The van der Waals surface area contributed by atoms with Gasteiger partial charge in [-0.2, -0.15) is 0 Å². The summed E-state index contributed by atoms with van der Waals surface area (Å²) in [5.74, 6) is -8.36. The second-order valence-corrected chi connectivity index (χ2v) is 26.3. The summed E-state index contributed by atoms with van der Waals surface area (Å²) in [6.07, 6.45) is 3.84. The number of aliphatic hydroxyl groups is 1. The van der Waals surface area contributed by atoms with Gasteiger partial charge in [0.2, 0.25) is 5.79 Å². The zero-order valence-corrected chi connectivity index (χ0v) is 44.3. The predicted octanol–water partition coefficient (Wildman–Crippen LogP) is 8.66. The van der Waals surface area contributed by atoms with Crippen molar-refractivity contribution in [1.29, 1.82) is 0 Å². The van der Waals surface area contributed by atoms with E-state index in [1.165, 1.54) is 19.1 Å². The number of nitrogens with zero attached hydrogens (tertiary/aromatic N) is 1. The van der Waals surface area contributed by atoms with E-state index in [1.807, 2.05) is 20.8 Å². The van der Waals surface area contributed by atoms with Crippen LogP contribution in [0.5, 0.6) is 0 Å². The largest absolute Gasteiger partial charge is 0.456 e. The molecule has 382 valence electrons. The number of cyclic esters (lactones) is 1. The van der Waals surface area contributed by atoms with Crippen LogP contribution in [0.15, 0.2) is 36.0 Å². The lowest BCUT2D eigenvalue weighted by Crippen LogP contribution is -2.64. The number of carbonyl (C=O) groups is 4.